The van der Waals surface area contributed by atoms with E-state index in [0.717, 1.165) is 40.6 Å². The summed E-state index contributed by atoms with van der Waals surface area (Å²) in [5, 5.41) is 4.54. The van der Waals surface area contributed by atoms with E-state index in [9.17, 15) is 9.59 Å². The van der Waals surface area contributed by atoms with Crippen LogP contribution in [0.15, 0.2) is 48.5 Å². The number of H-pyrrole nitrogens is 1. The van der Waals surface area contributed by atoms with Gasteiger partial charge in [0.05, 0.1) is 25.3 Å². The first-order valence-corrected chi connectivity index (χ1v) is 11.8. The number of hydrogen-bond acceptors (Lipinski definition) is 5. The second kappa shape index (κ2) is 10.7. The summed E-state index contributed by atoms with van der Waals surface area (Å²) in [6.45, 7) is 2.63. The number of methoxy groups -OCH3 is 1. The molecular weight excluding hydrogens is 416 g/mol. The second-order valence-electron chi connectivity index (χ2n) is 8.61. The number of carbonyl (C=O) groups excluding carboxylic acids is 2. The van der Waals surface area contributed by atoms with Crippen molar-refractivity contribution in [3.8, 4) is 0 Å². The summed E-state index contributed by atoms with van der Waals surface area (Å²) < 4.78 is 10.5. The van der Waals surface area contributed by atoms with Gasteiger partial charge in [0.2, 0.25) is 0 Å². The lowest BCUT2D eigenvalue weighted by atomic mass is 9.90. The van der Waals surface area contributed by atoms with Gasteiger partial charge in [-0.25, -0.2) is 4.79 Å². The maximum Gasteiger partial charge on any atom is 0.338 e. The fourth-order valence-corrected chi connectivity index (χ4v) is 4.56. The van der Waals surface area contributed by atoms with Gasteiger partial charge in [-0.15, -0.1) is 0 Å². The highest BCUT2D eigenvalue weighted by Crippen LogP contribution is 2.35. The number of aromatic nitrogens is 1. The number of para-hydroxylation sites is 1. The van der Waals surface area contributed by atoms with E-state index >= 15 is 0 Å². The Balaban J connectivity index is 1.51. The van der Waals surface area contributed by atoms with Gasteiger partial charge in [-0.3, -0.25) is 10.1 Å². The van der Waals surface area contributed by atoms with Crippen LogP contribution in [-0.4, -0.2) is 36.7 Å². The van der Waals surface area contributed by atoms with Gasteiger partial charge in [0.25, 0.3) is 0 Å². The van der Waals surface area contributed by atoms with Crippen molar-refractivity contribution in [3.63, 3.8) is 0 Å². The quantitative estimate of drug-likeness (QED) is 0.353. The molecule has 1 aromatic heterocycles. The van der Waals surface area contributed by atoms with Gasteiger partial charge in [-0.2, -0.15) is 0 Å². The number of esters is 2. The third kappa shape index (κ3) is 5.11. The minimum Gasteiger partial charge on any atom is -0.468 e. The summed E-state index contributed by atoms with van der Waals surface area (Å²) in [5.74, 6) is -0.581. The predicted octanol–water partition coefficient (Wildman–Crippen LogP) is 5.07. The maximum atomic E-state index is 12.4. The van der Waals surface area contributed by atoms with Crippen LogP contribution in [0, 0.1) is 0 Å². The average Bonchev–Trinajstić information content (AvgIpc) is 3.23. The molecule has 6 nitrogen and oxygen atoms in total. The number of nitrogens with one attached hydrogen (secondary N) is 2. The van der Waals surface area contributed by atoms with Gasteiger partial charge in [0.1, 0.15) is 6.04 Å². The molecule has 2 aromatic carbocycles. The van der Waals surface area contributed by atoms with Crippen LogP contribution in [0.4, 0.5) is 0 Å². The van der Waals surface area contributed by atoms with Crippen molar-refractivity contribution in [1.29, 1.82) is 0 Å². The number of carbonyl (C=O) groups is 2. The molecule has 2 N–H and O–H groups in total. The molecule has 1 aliphatic heterocycles. The number of hydrogen-bond donors (Lipinski definition) is 2. The third-order valence-corrected chi connectivity index (χ3v) is 6.36. The van der Waals surface area contributed by atoms with E-state index in [1.54, 1.807) is 12.1 Å². The lowest BCUT2D eigenvalue weighted by Crippen LogP contribution is -2.45. The molecule has 0 fully saturated rings. The van der Waals surface area contributed by atoms with Crippen LogP contribution in [0.5, 0.6) is 0 Å². The molecular formula is C27H32N2O4. The number of aromatic amines is 1. The highest BCUT2D eigenvalue weighted by molar-refractivity contribution is 5.90. The van der Waals surface area contributed by atoms with Crippen LogP contribution in [0.1, 0.15) is 72.2 Å². The number of rotatable bonds is 9. The zero-order valence-electron chi connectivity index (χ0n) is 19.4. The summed E-state index contributed by atoms with van der Waals surface area (Å²) in [7, 11) is 1.41. The molecule has 0 bridgehead atoms. The molecule has 0 radical (unpaired) electrons. The monoisotopic (exact) mass is 448 g/mol. The number of fused-ring (bicyclic) bond motifs is 3. The molecule has 4 rings (SSSR count). The molecule has 6 heteroatoms. The lowest BCUT2D eigenvalue weighted by Gasteiger charge is -2.30. The minimum absolute atomic E-state index is 0.214. The highest BCUT2D eigenvalue weighted by atomic mass is 16.5. The SMILES string of the molecule is CCCCCCCOC(=O)c1ccc([C@H]2N[C@@H](C(=O)OC)Cc3c2[nH]c2ccccc32)cc1. The summed E-state index contributed by atoms with van der Waals surface area (Å²) in [4.78, 5) is 28.3. The second-order valence-corrected chi connectivity index (χ2v) is 8.61. The highest BCUT2D eigenvalue weighted by Gasteiger charge is 2.34. The summed E-state index contributed by atoms with van der Waals surface area (Å²) in [6.07, 6.45) is 6.14. The van der Waals surface area contributed by atoms with Crippen molar-refractivity contribution >= 4 is 22.8 Å². The van der Waals surface area contributed by atoms with E-state index < -0.39 is 6.04 Å². The molecule has 2 atom stereocenters. The van der Waals surface area contributed by atoms with E-state index in [-0.39, 0.29) is 18.0 Å². The van der Waals surface area contributed by atoms with Crippen molar-refractivity contribution in [1.82, 2.24) is 10.3 Å². The van der Waals surface area contributed by atoms with Crippen LogP contribution in [0.2, 0.25) is 0 Å². The van der Waals surface area contributed by atoms with Crippen LogP contribution in [0.25, 0.3) is 10.9 Å². The Morgan fingerprint density at radius 3 is 2.52 bits per heavy atom. The molecule has 33 heavy (non-hydrogen) atoms. The zero-order valence-corrected chi connectivity index (χ0v) is 19.4. The first-order valence-electron chi connectivity index (χ1n) is 11.8. The Bertz CT molecular complexity index is 1100. The van der Waals surface area contributed by atoms with Crippen molar-refractivity contribution < 1.29 is 19.1 Å². The first kappa shape index (κ1) is 23.1. The Morgan fingerprint density at radius 2 is 1.76 bits per heavy atom. The van der Waals surface area contributed by atoms with Crippen LogP contribution < -0.4 is 5.32 Å². The van der Waals surface area contributed by atoms with Gasteiger partial charge in [0, 0.05) is 23.0 Å². The predicted molar refractivity (Wildman–Crippen MR) is 128 cm³/mol. The third-order valence-electron chi connectivity index (χ3n) is 6.36. The molecule has 1 aliphatic rings. The number of ether oxygens (including phenoxy) is 2. The van der Waals surface area contributed by atoms with E-state index in [1.807, 2.05) is 30.3 Å². The molecule has 0 unspecified atom stereocenters. The summed E-state index contributed by atoms with van der Waals surface area (Å²) in [5.41, 5.74) is 4.70. The van der Waals surface area contributed by atoms with Crippen molar-refractivity contribution in [3.05, 3.63) is 70.9 Å². The average molecular weight is 449 g/mol. The van der Waals surface area contributed by atoms with E-state index in [0.29, 0.717) is 18.6 Å². The van der Waals surface area contributed by atoms with Gasteiger partial charge >= 0.3 is 11.9 Å². The Morgan fingerprint density at radius 1 is 1.00 bits per heavy atom. The van der Waals surface area contributed by atoms with Gasteiger partial charge in [-0.05, 0) is 35.7 Å². The van der Waals surface area contributed by atoms with E-state index in [1.165, 1.54) is 26.4 Å². The van der Waals surface area contributed by atoms with Gasteiger partial charge in [-0.1, -0.05) is 62.9 Å². The molecule has 0 saturated carbocycles. The number of benzene rings is 2. The topological polar surface area (TPSA) is 80.4 Å². The fourth-order valence-electron chi connectivity index (χ4n) is 4.56. The summed E-state index contributed by atoms with van der Waals surface area (Å²) >= 11 is 0. The Hall–Kier alpha value is -3.12. The zero-order chi connectivity index (χ0) is 23.2. The van der Waals surface area contributed by atoms with E-state index in [4.69, 9.17) is 9.47 Å². The van der Waals surface area contributed by atoms with Crippen molar-refractivity contribution in [2.75, 3.05) is 13.7 Å². The summed E-state index contributed by atoms with van der Waals surface area (Å²) in [6, 6.07) is 14.9. The Kier molecular flexibility index (Phi) is 7.45. The smallest absolute Gasteiger partial charge is 0.338 e. The van der Waals surface area contributed by atoms with E-state index in [2.05, 4.69) is 23.3 Å². The molecule has 174 valence electrons. The molecule has 0 amide bonds. The van der Waals surface area contributed by atoms with Crippen LogP contribution in [0.3, 0.4) is 0 Å². The molecule has 3 aromatic rings. The fraction of sp³-hybridized carbons (Fsp3) is 0.407. The molecule has 0 aliphatic carbocycles. The first-order chi connectivity index (χ1) is 16.1. The maximum absolute atomic E-state index is 12.4. The molecule has 0 saturated heterocycles. The molecule has 0 spiro atoms. The lowest BCUT2D eigenvalue weighted by molar-refractivity contribution is -0.143. The van der Waals surface area contributed by atoms with Gasteiger partial charge < -0.3 is 14.5 Å². The van der Waals surface area contributed by atoms with Crippen molar-refractivity contribution in [2.45, 2.75) is 57.5 Å². The number of unbranched alkanes of at least 4 members (excludes halogenated alkanes) is 4. The standard InChI is InChI=1S/C27H32N2O4/c1-3-4-5-6-9-16-33-26(30)19-14-12-18(13-15-19)24-25-21(17-23(29-24)27(31)32-2)20-10-7-8-11-22(20)28-25/h7-8,10-15,23-24,28-29H,3-6,9,16-17H2,1-2H3/t23-,24-/m1/s1. The van der Waals surface area contributed by atoms with Crippen LogP contribution in [-0.2, 0) is 20.7 Å². The Labute approximate surface area is 194 Å². The van der Waals surface area contributed by atoms with Gasteiger partial charge in [0.15, 0.2) is 0 Å². The van der Waals surface area contributed by atoms with Crippen molar-refractivity contribution in [2.24, 2.45) is 0 Å². The molecule has 2 heterocycles. The largest absolute Gasteiger partial charge is 0.468 e. The minimum atomic E-state index is -0.441. The normalized spacial score (nSPS) is 17.5. The van der Waals surface area contributed by atoms with Crippen LogP contribution >= 0.6 is 0 Å².